The zero-order chi connectivity index (χ0) is 15.0. The van der Waals surface area contributed by atoms with E-state index in [1.165, 1.54) is 22.9 Å². The number of hydrogen-bond acceptors (Lipinski definition) is 2. The lowest BCUT2D eigenvalue weighted by Gasteiger charge is -2.07. The molecule has 6 heteroatoms. The van der Waals surface area contributed by atoms with Crippen LogP contribution in [0.2, 0.25) is 5.02 Å². The molecule has 3 aromatic rings. The van der Waals surface area contributed by atoms with Crippen molar-refractivity contribution < 1.29 is 9.18 Å². The smallest absolute Gasteiger partial charge is 0.306 e. The van der Waals surface area contributed by atoms with Crippen LogP contribution < -0.4 is 5.32 Å². The van der Waals surface area contributed by atoms with E-state index in [2.05, 4.69) is 10.4 Å². The molecule has 1 aromatic heterocycles. The van der Waals surface area contributed by atoms with E-state index in [4.69, 9.17) is 11.6 Å². The first-order valence-electron chi connectivity index (χ1n) is 6.25. The van der Waals surface area contributed by atoms with Crippen LogP contribution in [0.1, 0.15) is 5.56 Å². The Labute approximate surface area is 125 Å². The number of aryl methyl sites for hydroxylation is 1. The summed E-state index contributed by atoms with van der Waals surface area (Å²) in [6.07, 6.45) is 1.62. The van der Waals surface area contributed by atoms with Gasteiger partial charge < -0.3 is 5.32 Å². The fraction of sp³-hybridized carbons (Fsp3) is 0.0667. The summed E-state index contributed by atoms with van der Waals surface area (Å²) in [5, 5.41) is 7.53. The zero-order valence-electron chi connectivity index (χ0n) is 11.1. The van der Waals surface area contributed by atoms with Gasteiger partial charge in [0.1, 0.15) is 5.82 Å². The fourth-order valence-corrected chi connectivity index (χ4v) is 2.22. The van der Waals surface area contributed by atoms with E-state index < -0.39 is 11.8 Å². The van der Waals surface area contributed by atoms with Crippen LogP contribution in [0, 0.1) is 12.7 Å². The molecule has 0 radical (unpaired) electrons. The molecule has 1 N–H and O–H groups in total. The molecule has 0 atom stereocenters. The second-order valence-corrected chi connectivity index (χ2v) is 5.08. The minimum Gasteiger partial charge on any atom is -0.306 e. The molecule has 4 nitrogen and oxygen atoms in total. The number of rotatable bonds is 1. The molecule has 0 spiro atoms. The number of carbonyl (C=O) groups is 1. The normalized spacial score (nSPS) is 10.8. The van der Waals surface area contributed by atoms with Crippen molar-refractivity contribution >= 4 is 34.2 Å². The monoisotopic (exact) mass is 303 g/mol. The Bertz CT molecular complexity index is 844. The molecule has 0 aliphatic carbocycles. The van der Waals surface area contributed by atoms with Gasteiger partial charge in [-0.3, -0.25) is 0 Å². The van der Waals surface area contributed by atoms with Crippen molar-refractivity contribution in [2.24, 2.45) is 0 Å². The van der Waals surface area contributed by atoms with Gasteiger partial charge in [0.25, 0.3) is 0 Å². The molecule has 0 aliphatic rings. The third kappa shape index (κ3) is 2.60. The van der Waals surface area contributed by atoms with E-state index in [1.807, 2.05) is 25.1 Å². The predicted octanol–water partition coefficient (Wildman–Crippen LogP) is 4.22. The fourth-order valence-electron chi connectivity index (χ4n) is 2.04. The highest BCUT2D eigenvalue weighted by Crippen LogP contribution is 2.20. The molecule has 0 unspecified atom stereocenters. The number of aromatic nitrogens is 2. The summed E-state index contributed by atoms with van der Waals surface area (Å²) >= 11 is 5.69. The lowest BCUT2D eigenvalue weighted by Crippen LogP contribution is -2.20. The van der Waals surface area contributed by atoms with E-state index in [0.717, 1.165) is 10.9 Å². The highest BCUT2D eigenvalue weighted by molar-refractivity contribution is 6.31. The molecule has 0 saturated heterocycles. The van der Waals surface area contributed by atoms with Gasteiger partial charge >= 0.3 is 6.03 Å². The SMILES string of the molecule is Cc1ccc2cnn(C(=O)Nc3ccc(F)c(Cl)c3)c2c1. The molecular formula is C15H11ClFN3O. The zero-order valence-corrected chi connectivity index (χ0v) is 11.9. The quantitative estimate of drug-likeness (QED) is 0.731. The van der Waals surface area contributed by atoms with Gasteiger partial charge in [-0.25, -0.2) is 9.18 Å². The summed E-state index contributed by atoms with van der Waals surface area (Å²) in [7, 11) is 0. The van der Waals surface area contributed by atoms with Gasteiger partial charge in [-0.15, -0.1) is 0 Å². The van der Waals surface area contributed by atoms with Crippen molar-refractivity contribution in [3.05, 3.63) is 59.0 Å². The van der Waals surface area contributed by atoms with Gasteiger partial charge in [0.15, 0.2) is 0 Å². The topological polar surface area (TPSA) is 46.9 Å². The third-order valence-electron chi connectivity index (χ3n) is 3.09. The van der Waals surface area contributed by atoms with Crippen LogP contribution in [0.15, 0.2) is 42.6 Å². The summed E-state index contributed by atoms with van der Waals surface area (Å²) in [6.45, 7) is 1.94. The minimum atomic E-state index is -0.533. The molecule has 1 amide bonds. The highest BCUT2D eigenvalue weighted by Gasteiger charge is 2.11. The van der Waals surface area contributed by atoms with E-state index in [9.17, 15) is 9.18 Å². The van der Waals surface area contributed by atoms with Crippen molar-refractivity contribution in [3.8, 4) is 0 Å². The van der Waals surface area contributed by atoms with Crippen LogP contribution in [0.4, 0.5) is 14.9 Å². The second-order valence-electron chi connectivity index (χ2n) is 4.68. The minimum absolute atomic E-state index is 0.0473. The van der Waals surface area contributed by atoms with E-state index >= 15 is 0 Å². The van der Waals surface area contributed by atoms with Crippen LogP contribution in [0.5, 0.6) is 0 Å². The number of fused-ring (bicyclic) bond motifs is 1. The number of hydrogen-bond donors (Lipinski definition) is 1. The maximum atomic E-state index is 13.1. The predicted molar refractivity (Wildman–Crippen MR) is 80.3 cm³/mol. The third-order valence-corrected chi connectivity index (χ3v) is 3.38. The number of nitrogens with one attached hydrogen (secondary N) is 1. The lowest BCUT2D eigenvalue weighted by atomic mass is 10.2. The van der Waals surface area contributed by atoms with Crippen molar-refractivity contribution in [2.45, 2.75) is 6.92 Å². The van der Waals surface area contributed by atoms with Crippen LogP contribution in [-0.2, 0) is 0 Å². The maximum Gasteiger partial charge on any atom is 0.347 e. The summed E-state index contributed by atoms with van der Waals surface area (Å²) in [4.78, 5) is 12.2. The van der Waals surface area contributed by atoms with Gasteiger partial charge in [0.05, 0.1) is 16.7 Å². The molecule has 1 heterocycles. The Balaban J connectivity index is 1.93. The van der Waals surface area contributed by atoms with Crippen LogP contribution >= 0.6 is 11.6 Å². The van der Waals surface area contributed by atoms with E-state index in [0.29, 0.717) is 11.2 Å². The first kappa shape index (κ1) is 13.6. The van der Waals surface area contributed by atoms with Gasteiger partial charge in [-0.05, 0) is 36.8 Å². The van der Waals surface area contributed by atoms with Gasteiger partial charge in [-0.2, -0.15) is 9.78 Å². The molecule has 21 heavy (non-hydrogen) atoms. The van der Waals surface area contributed by atoms with Crippen molar-refractivity contribution in [1.29, 1.82) is 0 Å². The number of amides is 1. The Hall–Kier alpha value is -2.40. The molecule has 3 rings (SSSR count). The molecule has 0 fully saturated rings. The standard InChI is InChI=1S/C15H11ClFN3O/c1-9-2-3-10-8-18-20(14(10)6-9)15(21)19-11-4-5-13(17)12(16)7-11/h2-8H,1H3,(H,19,21). The molecule has 106 valence electrons. The number of anilines is 1. The van der Waals surface area contributed by atoms with Crippen molar-refractivity contribution in [2.75, 3.05) is 5.32 Å². The molecule has 0 aliphatic heterocycles. The molecule has 2 aromatic carbocycles. The summed E-state index contributed by atoms with van der Waals surface area (Å²) in [5.41, 5.74) is 2.14. The highest BCUT2D eigenvalue weighted by atomic mass is 35.5. The van der Waals surface area contributed by atoms with Gasteiger partial charge in [0, 0.05) is 11.1 Å². The molecule has 0 bridgehead atoms. The Morgan fingerprint density at radius 1 is 1.29 bits per heavy atom. The largest absolute Gasteiger partial charge is 0.347 e. The number of nitrogens with zero attached hydrogens (tertiary/aromatic N) is 2. The Morgan fingerprint density at radius 2 is 2.10 bits per heavy atom. The number of benzene rings is 2. The van der Waals surface area contributed by atoms with Gasteiger partial charge in [0.2, 0.25) is 0 Å². The Kier molecular flexibility index (Phi) is 3.35. The van der Waals surface area contributed by atoms with Gasteiger partial charge in [-0.1, -0.05) is 23.7 Å². The second kappa shape index (κ2) is 5.18. The summed E-state index contributed by atoms with van der Waals surface area (Å²) in [5.74, 6) is -0.533. The lowest BCUT2D eigenvalue weighted by molar-refractivity contribution is 0.252. The summed E-state index contributed by atoms with van der Waals surface area (Å²) < 4.78 is 14.4. The Morgan fingerprint density at radius 3 is 2.86 bits per heavy atom. The average molecular weight is 304 g/mol. The van der Waals surface area contributed by atoms with E-state index in [1.54, 1.807) is 6.20 Å². The number of halogens is 2. The molecule has 0 saturated carbocycles. The van der Waals surface area contributed by atoms with Crippen molar-refractivity contribution in [1.82, 2.24) is 9.78 Å². The van der Waals surface area contributed by atoms with Crippen molar-refractivity contribution in [3.63, 3.8) is 0 Å². The number of carbonyl (C=O) groups excluding carboxylic acids is 1. The van der Waals surface area contributed by atoms with Crippen LogP contribution in [0.25, 0.3) is 10.9 Å². The van der Waals surface area contributed by atoms with Crippen LogP contribution in [0.3, 0.4) is 0 Å². The van der Waals surface area contributed by atoms with Crippen LogP contribution in [-0.4, -0.2) is 15.8 Å². The van der Waals surface area contributed by atoms with E-state index in [-0.39, 0.29) is 5.02 Å². The maximum absolute atomic E-state index is 13.1. The summed E-state index contributed by atoms with van der Waals surface area (Å²) in [6, 6.07) is 9.28. The first-order chi connectivity index (χ1) is 10.0. The first-order valence-corrected chi connectivity index (χ1v) is 6.63. The average Bonchev–Trinajstić information content (AvgIpc) is 2.86. The molecular weight excluding hydrogens is 293 g/mol.